The van der Waals surface area contributed by atoms with Crippen molar-refractivity contribution >= 4 is 29.6 Å². The number of allylic oxidation sites excluding steroid dienone is 3. The summed E-state index contributed by atoms with van der Waals surface area (Å²) < 4.78 is 6.03. The Bertz CT molecular complexity index is 1140. The zero-order chi connectivity index (χ0) is 23.9. The summed E-state index contributed by atoms with van der Waals surface area (Å²) in [5, 5.41) is 21.7. The highest BCUT2D eigenvalue weighted by atomic mass is 16.5. The molecule has 1 aliphatic carbocycles. The van der Waals surface area contributed by atoms with Crippen LogP contribution in [0.3, 0.4) is 0 Å². The number of nitrogens with one attached hydrogen (secondary N) is 1. The summed E-state index contributed by atoms with van der Waals surface area (Å²) in [6.07, 6.45) is 13.0. The van der Waals surface area contributed by atoms with Crippen molar-refractivity contribution in [2.45, 2.75) is 31.8 Å². The SMILES string of the molecule is O=C(/C=C/c1ccc(C(=O)O)cc1)Nc1cncc(N2CCCC(OC3=C(O)CCC=C3)C2)n1. The Balaban J connectivity index is 1.36. The number of amides is 1. The van der Waals surface area contributed by atoms with Crippen LogP contribution in [0.15, 0.2) is 66.4 Å². The molecule has 9 nitrogen and oxygen atoms in total. The summed E-state index contributed by atoms with van der Waals surface area (Å²) >= 11 is 0. The second kappa shape index (κ2) is 10.7. The average molecular weight is 463 g/mol. The second-order valence-electron chi connectivity index (χ2n) is 8.09. The smallest absolute Gasteiger partial charge is 0.335 e. The van der Waals surface area contributed by atoms with E-state index in [1.54, 1.807) is 24.4 Å². The summed E-state index contributed by atoms with van der Waals surface area (Å²) in [4.78, 5) is 34.0. The predicted molar refractivity (Wildman–Crippen MR) is 127 cm³/mol. The van der Waals surface area contributed by atoms with E-state index in [2.05, 4.69) is 20.2 Å². The Labute approximate surface area is 197 Å². The largest absolute Gasteiger partial charge is 0.508 e. The van der Waals surface area contributed by atoms with Crippen LogP contribution in [-0.2, 0) is 9.53 Å². The zero-order valence-corrected chi connectivity index (χ0v) is 18.6. The number of rotatable bonds is 7. The number of carboxylic acids is 1. The maximum Gasteiger partial charge on any atom is 0.335 e. The van der Waals surface area contributed by atoms with Crippen LogP contribution < -0.4 is 10.2 Å². The van der Waals surface area contributed by atoms with Gasteiger partial charge in [-0.2, -0.15) is 0 Å². The fraction of sp³-hybridized carbons (Fsp3) is 0.280. The third-order valence-electron chi connectivity index (χ3n) is 5.56. The van der Waals surface area contributed by atoms with Crippen LogP contribution in [-0.4, -0.2) is 51.3 Å². The van der Waals surface area contributed by atoms with Crippen LogP contribution in [0.5, 0.6) is 0 Å². The van der Waals surface area contributed by atoms with Gasteiger partial charge in [0.1, 0.15) is 17.7 Å². The van der Waals surface area contributed by atoms with Crippen LogP contribution in [0.25, 0.3) is 6.08 Å². The van der Waals surface area contributed by atoms with Crippen LogP contribution >= 0.6 is 0 Å². The van der Waals surface area contributed by atoms with Gasteiger partial charge >= 0.3 is 5.97 Å². The number of aliphatic hydroxyl groups is 1. The molecule has 1 saturated heterocycles. The number of carboxylic acid groups (broad SMARTS) is 1. The summed E-state index contributed by atoms with van der Waals surface area (Å²) in [5.74, 6) is 0.410. The monoisotopic (exact) mass is 462 g/mol. The molecular formula is C25H26N4O5. The van der Waals surface area contributed by atoms with Crippen molar-refractivity contribution in [1.29, 1.82) is 0 Å². The first kappa shape index (κ1) is 23.0. The quantitative estimate of drug-likeness (QED) is 0.529. The average Bonchev–Trinajstić information content (AvgIpc) is 2.85. The number of benzene rings is 1. The van der Waals surface area contributed by atoms with E-state index >= 15 is 0 Å². The van der Waals surface area contributed by atoms with Crippen LogP contribution in [0.4, 0.5) is 11.6 Å². The van der Waals surface area contributed by atoms with Gasteiger partial charge in [-0.25, -0.2) is 9.78 Å². The van der Waals surface area contributed by atoms with E-state index in [0.29, 0.717) is 35.9 Å². The fourth-order valence-corrected chi connectivity index (χ4v) is 3.80. The molecule has 1 atom stereocenters. The number of aromatic carboxylic acids is 1. The first-order valence-corrected chi connectivity index (χ1v) is 11.1. The van der Waals surface area contributed by atoms with Gasteiger partial charge in [-0.3, -0.25) is 9.78 Å². The molecule has 1 amide bonds. The van der Waals surface area contributed by atoms with E-state index in [1.807, 2.05) is 12.2 Å². The van der Waals surface area contributed by atoms with Gasteiger partial charge < -0.3 is 25.2 Å². The van der Waals surface area contributed by atoms with Crippen molar-refractivity contribution < 1.29 is 24.5 Å². The lowest BCUT2D eigenvalue weighted by Crippen LogP contribution is -2.40. The van der Waals surface area contributed by atoms with Gasteiger partial charge in [0, 0.05) is 19.0 Å². The van der Waals surface area contributed by atoms with Crippen LogP contribution in [0.1, 0.15) is 41.6 Å². The number of aromatic nitrogens is 2. The minimum atomic E-state index is -1.00. The molecule has 1 aromatic heterocycles. The van der Waals surface area contributed by atoms with Gasteiger partial charge in [-0.05, 0) is 49.1 Å². The van der Waals surface area contributed by atoms with Crippen molar-refractivity contribution in [3.63, 3.8) is 0 Å². The number of ether oxygens (including phenoxy) is 1. The van der Waals surface area contributed by atoms with Gasteiger partial charge in [0.15, 0.2) is 11.6 Å². The normalized spacial score (nSPS) is 18.2. The molecule has 0 bridgehead atoms. The highest BCUT2D eigenvalue weighted by Gasteiger charge is 2.24. The molecule has 9 heteroatoms. The maximum absolute atomic E-state index is 12.3. The molecule has 1 unspecified atom stereocenters. The molecule has 2 aliphatic rings. The molecule has 0 radical (unpaired) electrons. The number of carbonyl (C=O) groups is 2. The molecule has 0 spiro atoms. The number of hydrogen-bond donors (Lipinski definition) is 3. The molecule has 3 N–H and O–H groups in total. The molecular weight excluding hydrogens is 436 g/mol. The third kappa shape index (κ3) is 6.00. The molecule has 176 valence electrons. The standard InChI is InChI=1S/C25H26N4O5/c30-20-5-1-2-6-21(20)34-19-4-3-13-29(16-19)23-15-26-14-22(27-23)28-24(31)12-9-17-7-10-18(11-8-17)25(32)33/h2,6-12,14-15,19,30H,1,3-5,13,16H2,(H,32,33)(H,27,28,31)/b12-9+. The predicted octanol–water partition coefficient (Wildman–Crippen LogP) is 3.93. The molecule has 1 fully saturated rings. The fourth-order valence-electron chi connectivity index (χ4n) is 3.80. The van der Waals surface area contributed by atoms with E-state index in [1.165, 1.54) is 24.4 Å². The van der Waals surface area contributed by atoms with Gasteiger partial charge in [-0.1, -0.05) is 18.2 Å². The number of nitrogens with zero attached hydrogens (tertiary/aromatic N) is 3. The molecule has 2 aromatic rings. The molecule has 2 heterocycles. The number of anilines is 2. The molecule has 4 rings (SSSR count). The van der Waals surface area contributed by atoms with E-state index in [-0.39, 0.29) is 23.3 Å². The minimum Gasteiger partial charge on any atom is -0.508 e. The first-order chi connectivity index (χ1) is 16.5. The zero-order valence-electron chi connectivity index (χ0n) is 18.6. The topological polar surface area (TPSA) is 125 Å². The van der Waals surface area contributed by atoms with E-state index in [9.17, 15) is 14.7 Å². The van der Waals surface area contributed by atoms with Crippen molar-refractivity contribution in [2.24, 2.45) is 0 Å². The van der Waals surface area contributed by atoms with E-state index < -0.39 is 5.97 Å². The Kier molecular flexibility index (Phi) is 7.22. The van der Waals surface area contributed by atoms with Crippen molar-refractivity contribution in [1.82, 2.24) is 9.97 Å². The molecule has 1 aromatic carbocycles. The summed E-state index contributed by atoms with van der Waals surface area (Å²) in [5.41, 5.74) is 0.885. The highest BCUT2D eigenvalue weighted by molar-refractivity contribution is 6.01. The van der Waals surface area contributed by atoms with Crippen LogP contribution in [0, 0.1) is 0 Å². The summed E-state index contributed by atoms with van der Waals surface area (Å²) in [6.45, 7) is 1.39. The number of carbonyl (C=O) groups excluding carboxylic acids is 1. The Hall–Kier alpha value is -4.14. The summed E-state index contributed by atoms with van der Waals surface area (Å²) in [6, 6.07) is 6.21. The van der Waals surface area contributed by atoms with Crippen LogP contribution in [0.2, 0.25) is 0 Å². The highest BCUT2D eigenvalue weighted by Crippen LogP contribution is 2.25. The number of aliphatic hydroxyl groups excluding tert-OH is 1. The third-order valence-corrected chi connectivity index (χ3v) is 5.56. The Morgan fingerprint density at radius 3 is 2.79 bits per heavy atom. The number of hydrogen-bond acceptors (Lipinski definition) is 7. The van der Waals surface area contributed by atoms with Gasteiger partial charge in [0.2, 0.25) is 5.91 Å². The number of piperidine rings is 1. The Morgan fingerprint density at radius 2 is 2.03 bits per heavy atom. The lowest BCUT2D eigenvalue weighted by atomic mass is 10.1. The van der Waals surface area contributed by atoms with Crippen molar-refractivity contribution in [3.8, 4) is 0 Å². The molecule has 1 aliphatic heterocycles. The maximum atomic E-state index is 12.3. The van der Waals surface area contributed by atoms with E-state index in [0.717, 1.165) is 25.8 Å². The second-order valence-corrected chi connectivity index (χ2v) is 8.09. The Morgan fingerprint density at radius 1 is 1.21 bits per heavy atom. The van der Waals surface area contributed by atoms with Crippen molar-refractivity contribution in [2.75, 3.05) is 23.3 Å². The lowest BCUT2D eigenvalue weighted by Gasteiger charge is -2.34. The summed E-state index contributed by atoms with van der Waals surface area (Å²) in [7, 11) is 0. The van der Waals surface area contributed by atoms with Crippen molar-refractivity contribution in [3.05, 3.63) is 77.5 Å². The molecule has 34 heavy (non-hydrogen) atoms. The molecule has 0 saturated carbocycles. The van der Waals surface area contributed by atoms with Gasteiger partial charge in [0.05, 0.1) is 24.5 Å². The lowest BCUT2D eigenvalue weighted by molar-refractivity contribution is -0.111. The van der Waals surface area contributed by atoms with E-state index in [4.69, 9.17) is 9.84 Å². The van der Waals surface area contributed by atoms with Gasteiger partial charge in [0.25, 0.3) is 0 Å². The van der Waals surface area contributed by atoms with Gasteiger partial charge in [-0.15, -0.1) is 0 Å². The minimum absolute atomic E-state index is 0.0795. The first-order valence-electron chi connectivity index (χ1n) is 11.1.